The van der Waals surface area contributed by atoms with Crippen LogP contribution in [0.4, 0.5) is 0 Å². The fourth-order valence-electron chi connectivity index (χ4n) is 1.57. The van der Waals surface area contributed by atoms with Crippen molar-refractivity contribution in [1.82, 2.24) is 0 Å². The minimum absolute atomic E-state index is 0.0187. The molecule has 0 amide bonds. The van der Waals surface area contributed by atoms with E-state index in [4.69, 9.17) is 14.2 Å². The Hall–Kier alpha value is -0.780. The molecule has 22 heavy (non-hydrogen) atoms. The zero-order chi connectivity index (χ0) is 16.8. The summed E-state index contributed by atoms with van der Waals surface area (Å²) in [5, 5.41) is 0. The maximum Gasteiger partial charge on any atom is 0.160 e. The fraction of sp³-hybridized carbons (Fsp3) is 0.882. The number of carbonyl (C=O) groups excluding carboxylic acids is 2. The average molecular weight is 316 g/mol. The van der Waals surface area contributed by atoms with Gasteiger partial charge in [0.1, 0.15) is 12.4 Å². The molecule has 0 N–H and O–H groups in total. The van der Waals surface area contributed by atoms with Gasteiger partial charge in [0.25, 0.3) is 0 Å². The topological polar surface area (TPSA) is 61.8 Å². The summed E-state index contributed by atoms with van der Waals surface area (Å²) in [4.78, 5) is 22.7. The smallest absolute Gasteiger partial charge is 0.160 e. The molecule has 0 saturated heterocycles. The van der Waals surface area contributed by atoms with Gasteiger partial charge in [0.2, 0.25) is 0 Å². The minimum Gasteiger partial charge on any atom is -0.379 e. The number of unbranched alkanes of at least 4 members (excludes halogenated alkanes) is 1. The summed E-state index contributed by atoms with van der Waals surface area (Å²) in [6.07, 6.45) is 2.43. The molecular formula is C17H32O5. The van der Waals surface area contributed by atoms with Crippen molar-refractivity contribution in [1.29, 1.82) is 0 Å². The third kappa shape index (κ3) is 12.9. The zero-order valence-corrected chi connectivity index (χ0v) is 14.6. The van der Waals surface area contributed by atoms with E-state index in [9.17, 15) is 9.59 Å². The van der Waals surface area contributed by atoms with Gasteiger partial charge in [-0.2, -0.15) is 0 Å². The minimum atomic E-state index is 0.0187. The third-order valence-electron chi connectivity index (χ3n) is 3.24. The highest BCUT2D eigenvalue weighted by Gasteiger charge is 2.06. The second-order valence-corrected chi connectivity index (χ2v) is 5.98. The number of ether oxygens (including phenoxy) is 3. The number of hydrogen-bond acceptors (Lipinski definition) is 5. The van der Waals surface area contributed by atoms with Crippen LogP contribution < -0.4 is 0 Å². The van der Waals surface area contributed by atoms with Gasteiger partial charge >= 0.3 is 0 Å². The van der Waals surface area contributed by atoms with Crippen LogP contribution in [0, 0.1) is 11.8 Å². The van der Waals surface area contributed by atoms with Gasteiger partial charge in [-0.1, -0.05) is 27.7 Å². The second kappa shape index (κ2) is 13.9. The predicted octanol–water partition coefficient (Wildman–Crippen LogP) is 2.66. The van der Waals surface area contributed by atoms with E-state index < -0.39 is 0 Å². The van der Waals surface area contributed by atoms with Crippen molar-refractivity contribution in [2.45, 2.75) is 47.0 Å². The van der Waals surface area contributed by atoms with E-state index in [2.05, 4.69) is 0 Å². The first-order valence-corrected chi connectivity index (χ1v) is 8.23. The van der Waals surface area contributed by atoms with Gasteiger partial charge in [-0.25, -0.2) is 0 Å². The van der Waals surface area contributed by atoms with Gasteiger partial charge in [-0.3, -0.25) is 9.59 Å². The molecule has 0 heterocycles. The van der Waals surface area contributed by atoms with Gasteiger partial charge in [-0.15, -0.1) is 0 Å². The molecule has 0 rings (SSSR count). The first kappa shape index (κ1) is 21.2. The molecule has 0 aliphatic carbocycles. The Morgan fingerprint density at radius 2 is 1.18 bits per heavy atom. The number of ketones is 2. The van der Waals surface area contributed by atoms with Crippen molar-refractivity contribution in [3.8, 4) is 0 Å². The highest BCUT2D eigenvalue weighted by atomic mass is 16.5. The lowest BCUT2D eigenvalue weighted by Crippen LogP contribution is -2.17. The number of hydrogen-bond donors (Lipinski definition) is 0. The largest absolute Gasteiger partial charge is 0.379 e. The first-order valence-electron chi connectivity index (χ1n) is 8.23. The highest BCUT2D eigenvalue weighted by molar-refractivity contribution is 5.81. The molecule has 0 aromatic carbocycles. The molecule has 0 aliphatic rings. The van der Waals surface area contributed by atoms with Crippen LogP contribution in [-0.4, -0.2) is 51.2 Å². The lowest BCUT2D eigenvalue weighted by atomic mass is 10.0. The molecule has 130 valence electrons. The summed E-state index contributed by atoms with van der Waals surface area (Å²) in [7, 11) is 0. The fourth-order valence-corrected chi connectivity index (χ4v) is 1.57. The predicted molar refractivity (Wildman–Crippen MR) is 86.0 cm³/mol. The van der Waals surface area contributed by atoms with Crippen LogP contribution in [0.5, 0.6) is 0 Å². The summed E-state index contributed by atoms with van der Waals surface area (Å²) >= 11 is 0. The van der Waals surface area contributed by atoms with Crippen LogP contribution in [-0.2, 0) is 23.8 Å². The van der Waals surface area contributed by atoms with E-state index in [0.29, 0.717) is 45.2 Å². The summed E-state index contributed by atoms with van der Waals surface area (Å²) in [5.41, 5.74) is 0. The third-order valence-corrected chi connectivity index (χ3v) is 3.24. The molecule has 0 bridgehead atoms. The Morgan fingerprint density at radius 3 is 1.73 bits per heavy atom. The molecule has 0 radical (unpaired) electrons. The van der Waals surface area contributed by atoms with Gasteiger partial charge in [0, 0.05) is 24.9 Å². The van der Waals surface area contributed by atoms with Crippen molar-refractivity contribution >= 4 is 11.6 Å². The Labute approximate surface area is 134 Å². The average Bonchev–Trinajstić information content (AvgIpc) is 2.47. The quantitative estimate of drug-likeness (QED) is 0.435. The first-order chi connectivity index (χ1) is 10.4. The van der Waals surface area contributed by atoms with E-state index in [1.54, 1.807) is 0 Å². The van der Waals surface area contributed by atoms with E-state index >= 15 is 0 Å². The SMILES string of the molecule is CC(C)C(=O)CCCCOCCOCCOCC(=O)C(C)C. The van der Waals surface area contributed by atoms with Crippen molar-refractivity contribution in [2.75, 3.05) is 39.6 Å². The van der Waals surface area contributed by atoms with Crippen molar-refractivity contribution in [3.05, 3.63) is 0 Å². The number of Topliss-reactive ketones (excluding diaryl/α,β-unsaturated/α-hetero) is 2. The Balaban J connectivity index is 3.18. The van der Waals surface area contributed by atoms with Crippen LogP contribution >= 0.6 is 0 Å². The summed E-state index contributed by atoms with van der Waals surface area (Å²) < 4.78 is 16.0. The van der Waals surface area contributed by atoms with E-state index in [-0.39, 0.29) is 24.2 Å². The standard InChI is InChI=1S/C17H32O5/c1-14(2)16(18)7-5-6-8-20-9-10-21-11-12-22-13-17(19)15(3)4/h14-15H,5-13H2,1-4H3. The lowest BCUT2D eigenvalue weighted by Gasteiger charge is -2.08. The maximum absolute atomic E-state index is 11.4. The molecule has 0 fully saturated rings. The molecule has 0 aromatic rings. The van der Waals surface area contributed by atoms with Gasteiger partial charge in [-0.05, 0) is 12.8 Å². The maximum atomic E-state index is 11.4. The van der Waals surface area contributed by atoms with Crippen LogP contribution in [0.15, 0.2) is 0 Å². The Bertz CT molecular complexity index is 269. The molecule has 5 nitrogen and oxygen atoms in total. The van der Waals surface area contributed by atoms with Crippen molar-refractivity contribution in [3.63, 3.8) is 0 Å². The molecule has 0 aliphatic heterocycles. The Kier molecular flexibility index (Phi) is 13.4. The summed E-state index contributed by atoms with van der Waals surface area (Å²) in [6, 6.07) is 0. The highest BCUT2D eigenvalue weighted by Crippen LogP contribution is 2.04. The van der Waals surface area contributed by atoms with Gasteiger partial charge < -0.3 is 14.2 Å². The molecule has 0 atom stereocenters. The van der Waals surface area contributed by atoms with Gasteiger partial charge in [0.15, 0.2) is 5.78 Å². The summed E-state index contributed by atoms with van der Waals surface area (Å²) in [5.74, 6) is 0.580. The molecule has 0 saturated carbocycles. The van der Waals surface area contributed by atoms with Crippen molar-refractivity contribution in [2.24, 2.45) is 11.8 Å². The second-order valence-electron chi connectivity index (χ2n) is 5.98. The normalized spacial score (nSPS) is 11.4. The van der Waals surface area contributed by atoms with Crippen LogP contribution in [0.2, 0.25) is 0 Å². The van der Waals surface area contributed by atoms with Crippen LogP contribution in [0.1, 0.15) is 47.0 Å². The van der Waals surface area contributed by atoms with Crippen LogP contribution in [0.3, 0.4) is 0 Å². The molecule has 0 aromatic heterocycles. The molecule has 0 unspecified atom stereocenters. The summed E-state index contributed by atoms with van der Waals surface area (Å²) in [6.45, 7) is 10.4. The van der Waals surface area contributed by atoms with E-state index in [1.165, 1.54) is 0 Å². The molecule has 5 heteroatoms. The van der Waals surface area contributed by atoms with Crippen molar-refractivity contribution < 1.29 is 23.8 Å². The van der Waals surface area contributed by atoms with E-state index in [1.807, 2.05) is 27.7 Å². The lowest BCUT2D eigenvalue weighted by molar-refractivity contribution is -0.127. The zero-order valence-electron chi connectivity index (χ0n) is 14.6. The number of rotatable bonds is 15. The monoisotopic (exact) mass is 316 g/mol. The molecular weight excluding hydrogens is 284 g/mol. The van der Waals surface area contributed by atoms with Gasteiger partial charge in [0.05, 0.1) is 26.4 Å². The molecule has 0 spiro atoms. The van der Waals surface area contributed by atoms with Crippen LogP contribution in [0.25, 0.3) is 0 Å². The number of carbonyl (C=O) groups is 2. The Morgan fingerprint density at radius 1 is 0.682 bits per heavy atom. The van der Waals surface area contributed by atoms with E-state index in [0.717, 1.165) is 12.8 Å².